The number of amides is 2. The van der Waals surface area contributed by atoms with Crippen molar-refractivity contribution >= 4 is 28.9 Å². The topological polar surface area (TPSA) is 255 Å². The van der Waals surface area contributed by atoms with E-state index in [1.807, 2.05) is 0 Å². The lowest BCUT2D eigenvalue weighted by Gasteiger charge is -2.19. The number of nitrogen functional groups attached to an aromatic ring is 1. The number of pyridine rings is 1. The number of nitrogens with two attached hydrogens (primary N) is 2. The Morgan fingerprint density at radius 3 is 2.39 bits per heavy atom. The molecule has 41 heavy (non-hydrogen) atoms. The Bertz CT molecular complexity index is 1120. The number of alkyl carbamates (subject to hydrolysis) is 1. The molecular weight excluding hydrogens is 564 g/mol. The van der Waals surface area contributed by atoms with Crippen molar-refractivity contribution in [3.63, 3.8) is 0 Å². The number of aromatic nitrogens is 3. The van der Waals surface area contributed by atoms with E-state index >= 15 is 0 Å². The molecule has 230 valence electrons. The van der Waals surface area contributed by atoms with Gasteiger partial charge in [0.05, 0.1) is 26.4 Å². The first kappa shape index (κ1) is 35.7. The highest BCUT2D eigenvalue weighted by Gasteiger charge is 2.43. The molecule has 16 nitrogen and oxygen atoms in total. The second-order valence-electron chi connectivity index (χ2n) is 9.12. The molecule has 0 bridgehead atoms. The molecule has 3 heterocycles. The minimum atomic E-state index is -1.31. The zero-order valence-corrected chi connectivity index (χ0v) is 23.8. The summed E-state index contributed by atoms with van der Waals surface area (Å²) in [5.74, 6) is 0.0537. The van der Waals surface area contributed by atoms with E-state index in [0.29, 0.717) is 18.2 Å². The van der Waals surface area contributed by atoms with Crippen LogP contribution in [0.15, 0.2) is 46.5 Å². The number of anilines is 1. The number of primary amides is 1. The van der Waals surface area contributed by atoms with Gasteiger partial charge in [-0.25, -0.2) is 14.6 Å². The van der Waals surface area contributed by atoms with Crippen LogP contribution in [0.5, 0.6) is 0 Å². The van der Waals surface area contributed by atoms with Gasteiger partial charge >= 0.3 is 11.8 Å². The van der Waals surface area contributed by atoms with E-state index < -0.39 is 53.8 Å². The van der Waals surface area contributed by atoms with Gasteiger partial charge in [-0.15, -0.1) is 0 Å². The van der Waals surface area contributed by atoms with Gasteiger partial charge in [0.1, 0.15) is 34.8 Å². The Kier molecular flexibility index (Phi) is 15.8. The maximum atomic E-state index is 11.5. The van der Waals surface area contributed by atoms with Gasteiger partial charge < -0.3 is 51.4 Å². The first-order valence-electron chi connectivity index (χ1n) is 12.3. The van der Waals surface area contributed by atoms with Gasteiger partial charge in [0.25, 0.3) is 5.24 Å². The Morgan fingerprint density at radius 1 is 1.17 bits per heavy atom. The van der Waals surface area contributed by atoms with Crippen molar-refractivity contribution in [2.24, 2.45) is 5.73 Å². The second-order valence-corrected chi connectivity index (χ2v) is 10.1. The fourth-order valence-electron chi connectivity index (χ4n) is 2.95. The van der Waals surface area contributed by atoms with Crippen LogP contribution in [-0.4, -0.2) is 103 Å². The Hall–Kier alpha value is -3.32. The largest absolute Gasteiger partial charge is 0.444 e. The Morgan fingerprint density at radius 2 is 1.88 bits per heavy atom. The maximum Gasteiger partial charge on any atom is 0.407 e. The number of carbonyl (C=O) groups is 2. The molecule has 2 aromatic rings. The zero-order valence-electron chi connectivity index (χ0n) is 23.0. The number of aliphatic hydroxyl groups is 4. The number of carbonyl (C=O) groups excluding carboxylic acids is 2. The summed E-state index contributed by atoms with van der Waals surface area (Å²) < 4.78 is 16.1. The van der Waals surface area contributed by atoms with Crippen LogP contribution >= 0.6 is 11.8 Å². The van der Waals surface area contributed by atoms with Crippen molar-refractivity contribution in [2.45, 2.75) is 55.9 Å². The fraction of sp³-hybridized carbons (Fsp3) is 0.542. The molecule has 17 heteroatoms. The molecule has 1 aliphatic heterocycles. The summed E-state index contributed by atoms with van der Waals surface area (Å²) >= 11 is 0.926. The molecule has 1 aliphatic rings. The number of thioether (sulfide) groups is 1. The zero-order chi connectivity index (χ0) is 31.0. The molecule has 0 spiro atoms. The molecule has 1 saturated heterocycles. The molecule has 2 aromatic heterocycles. The molecule has 1 fully saturated rings. The van der Waals surface area contributed by atoms with E-state index in [9.17, 15) is 24.6 Å². The average Bonchev–Trinajstić information content (AvgIpc) is 3.17. The van der Waals surface area contributed by atoms with Crippen LogP contribution < -0.4 is 22.5 Å². The van der Waals surface area contributed by atoms with Crippen molar-refractivity contribution in [3.05, 3.63) is 47.1 Å². The first-order chi connectivity index (χ1) is 19.3. The van der Waals surface area contributed by atoms with Crippen molar-refractivity contribution in [1.82, 2.24) is 19.9 Å². The van der Waals surface area contributed by atoms with E-state index in [-0.39, 0.29) is 19.0 Å². The smallest absolute Gasteiger partial charge is 0.407 e. The molecule has 0 radical (unpaired) electrons. The number of nitrogens with zero attached hydrogens (tertiary/aromatic N) is 3. The summed E-state index contributed by atoms with van der Waals surface area (Å²) in [7, 11) is 0. The molecule has 0 saturated carbocycles. The van der Waals surface area contributed by atoms with E-state index in [2.05, 4.69) is 15.3 Å². The summed E-state index contributed by atoms with van der Waals surface area (Å²) in [6.45, 7) is 5.99. The van der Waals surface area contributed by atoms with Crippen molar-refractivity contribution < 1.29 is 44.2 Å². The van der Waals surface area contributed by atoms with Gasteiger partial charge in [-0.05, 0) is 50.7 Å². The van der Waals surface area contributed by atoms with Gasteiger partial charge in [0.15, 0.2) is 6.23 Å². The molecule has 0 unspecified atom stereocenters. The third-order valence-corrected chi connectivity index (χ3v) is 5.29. The molecule has 0 aliphatic carbocycles. The minimum Gasteiger partial charge on any atom is -0.444 e. The molecule has 3 rings (SSSR count). The van der Waals surface area contributed by atoms with Crippen molar-refractivity contribution in [3.8, 4) is 0 Å². The normalized spacial score (nSPS) is 19.7. The molecule has 4 atom stereocenters. The van der Waals surface area contributed by atoms with Crippen LogP contribution in [0.3, 0.4) is 0 Å². The van der Waals surface area contributed by atoms with E-state index in [0.717, 1.165) is 16.3 Å². The minimum absolute atomic E-state index is 0.00750. The molecule has 9 N–H and O–H groups in total. The lowest BCUT2D eigenvalue weighted by Crippen LogP contribution is -2.36. The van der Waals surface area contributed by atoms with Gasteiger partial charge in [-0.2, -0.15) is 4.98 Å². The Labute approximate surface area is 240 Å². The van der Waals surface area contributed by atoms with Gasteiger partial charge in [-0.3, -0.25) is 9.36 Å². The van der Waals surface area contributed by atoms with Crippen LogP contribution in [0.2, 0.25) is 0 Å². The lowest BCUT2D eigenvalue weighted by molar-refractivity contribution is -0.0549. The standard InChI is InChI=1S/C9H13N3O5.C9H19NO4.C6H6N2OS/c10-5-1-2-12(9(16)11-5)8-7(15)6(14)4(3-13)17-8;1-9(2,3)14-8(12)10-4-6-13-7-5-11;7-6(9)10-5-3-1-2-4-8-5/h1-2,4,6-8,13-15H,3H2,(H2,10,11,16);11H,4-7H2,1-3H3,(H,10,12);1-4H,(H2,7,9)/t4-,6-,7+,8-;;/m1../s1. The highest BCUT2D eigenvalue weighted by molar-refractivity contribution is 8.13. The summed E-state index contributed by atoms with van der Waals surface area (Å²) in [5, 5.41) is 39.3. The number of ether oxygens (including phenoxy) is 3. The highest BCUT2D eigenvalue weighted by Crippen LogP contribution is 2.27. The van der Waals surface area contributed by atoms with Crippen molar-refractivity contribution in [1.29, 1.82) is 0 Å². The summed E-state index contributed by atoms with van der Waals surface area (Å²) in [5.41, 5.74) is 9.06. The number of hydrogen-bond acceptors (Lipinski definition) is 14. The van der Waals surface area contributed by atoms with Crippen LogP contribution in [0.1, 0.15) is 27.0 Å². The Balaban J connectivity index is 0.000000319. The highest BCUT2D eigenvalue weighted by atomic mass is 32.2. The number of hydrogen-bond donors (Lipinski definition) is 7. The van der Waals surface area contributed by atoms with E-state index in [4.69, 9.17) is 35.9 Å². The fourth-order valence-corrected chi connectivity index (χ4v) is 3.41. The average molecular weight is 603 g/mol. The van der Waals surface area contributed by atoms with Crippen LogP contribution in [-0.2, 0) is 14.2 Å². The molecular formula is C24H38N6O10S. The quantitative estimate of drug-likeness (QED) is 0.144. The third-order valence-electron chi connectivity index (χ3n) is 4.64. The molecule has 2 amide bonds. The van der Waals surface area contributed by atoms with Crippen LogP contribution in [0.4, 0.5) is 15.4 Å². The van der Waals surface area contributed by atoms with Gasteiger partial charge in [0, 0.05) is 18.9 Å². The first-order valence-corrected chi connectivity index (χ1v) is 13.1. The second kappa shape index (κ2) is 18.2. The molecule has 0 aromatic carbocycles. The number of aliphatic hydroxyl groups excluding tert-OH is 4. The maximum absolute atomic E-state index is 11.5. The van der Waals surface area contributed by atoms with Crippen molar-refractivity contribution in [2.75, 3.05) is 38.7 Å². The number of rotatable bonds is 8. The van der Waals surface area contributed by atoms with E-state index in [1.165, 1.54) is 12.3 Å². The van der Waals surface area contributed by atoms with Gasteiger partial charge in [0.2, 0.25) is 0 Å². The summed E-state index contributed by atoms with van der Waals surface area (Å²) in [6, 6.07) is 6.69. The van der Waals surface area contributed by atoms with Crippen LogP contribution in [0.25, 0.3) is 0 Å². The van der Waals surface area contributed by atoms with Gasteiger partial charge in [-0.1, -0.05) is 6.07 Å². The third kappa shape index (κ3) is 14.2. The lowest BCUT2D eigenvalue weighted by atomic mass is 10.1. The predicted molar refractivity (Wildman–Crippen MR) is 148 cm³/mol. The summed E-state index contributed by atoms with van der Waals surface area (Å²) in [4.78, 5) is 40.2. The van der Waals surface area contributed by atoms with Crippen LogP contribution in [0, 0.1) is 0 Å². The predicted octanol–water partition coefficient (Wildman–Crippen LogP) is -0.791. The monoisotopic (exact) mass is 602 g/mol. The SMILES string of the molecule is CC(C)(C)OC(=O)NCCOCCO.NC(=O)Sc1ccccn1.Nc1ccn([C@@H]2O[C@H](CO)[C@@H](O)[C@@H]2O)c(=O)n1. The number of nitrogens with one attached hydrogen (secondary N) is 1. The summed E-state index contributed by atoms with van der Waals surface area (Å²) in [6.07, 6.45) is -2.10. The van der Waals surface area contributed by atoms with E-state index in [1.54, 1.807) is 45.2 Å².